The molecular weight excluding hydrogens is 332 g/mol. The molecule has 3 rings (SSSR count). The molecule has 1 aromatic carbocycles. The molecule has 0 amide bonds. The van der Waals surface area contributed by atoms with Crippen molar-refractivity contribution in [2.75, 3.05) is 30.6 Å². The lowest BCUT2D eigenvalue weighted by molar-refractivity contribution is 0.0914. The van der Waals surface area contributed by atoms with E-state index >= 15 is 0 Å². The maximum Gasteiger partial charge on any atom is 0.147 e. The average Bonchev–Trinajstić information content (AvgIpc) is 2.95. The van der Waals surface area contributed by atoms with Crippen LogP contribution in [0.5, 0.6) is 0 Å². The van der Waals surface area contributed by atoms with Gasteiger partial charge in [-0.1, -0.05) is 30.3 Å². The molecule has 25 heavy (non-hydrogen) atoms. The van der Waals surface area contributed by atoms with Crippen molar-refractivity contribution in [2.45, 2.75) is 20.2 Å². The van der Waals surface area contributed by atoms with Gasteiger partial charge in [0.05, 0.1) is 12.0 Å². The fourth-order valence-corrected chi connectivity index (χ4v) is 3.16. The van der Waals surface area contributed by atoms with Gasteiger partial charge in [0, 0.05) is 25.0 Å². The Hall–Kier alpha value is -2.05. The lowest BCUT2D eigenvalue weighted by Gasteiger charge is -2.19. The van der Waals surface area contributed by atoms with E-state index in [1.807, 2.05) is 6.07 Å². The third-order valence-corrected chi connectivity index (χ3v) is 4.73. The highest BCUT2D eigenvalue weighted by Gasteiger charge is 2.14. The summed E-state index contributed by atoms with van der Waals surface area (Å²) >= 11 is 1.79. The lowest BCUT2D eigenvalue weighted by Crippen LogP contribution is -2.18. The van der Waals surface area contributed by atoms with Gasteiger partial charge in [-0.2, -0.15) is 11.8 Å². The highest BCUT2D eigenvalue weighted by Crippen LogP contribution is 2.26. The van der Waals surface area contributed by atoms with Gasteiger partial charge in [0.2, 0.25) is 0 Å². The van der Waals surface area contributed by atoms with E-state index in [0.29, 0.717) is 6.73 Å². The Bertz CT molecular complexity index is 819. The van der Waals surface area contributed by atoms with Gasteiger partial charge in [0.1, 0.15) is 24.5 Å². The minimum atomic E-state index is 0.523. The zero-order chi connectivity index (χ0) is 17.6. The largest absolute Gasteiger partial charge is 0.360 e. The van der Waals surface area contributed by atoms with E-state index < -0.39 is 0 Å². The summed E-state index contributed by atoms with van der Waals surface area (Å²) in [6.45, 7) is 4.16. The van der Waals surface area contributed by atoms with E-state index in [2.05, 4.69) is 70.0 Å². The number of nitrogens with zero attached hydrogens (tertiary/aromatic N) is 4. The number of fused-ring (bicyclic) bond motifs is 1. The van der Waals surface area contributed by atoms with Crippen LogP contribution in [-0.4, -0.2) is 40.2 Å². The molecule has 0 bridgehead atoms. The molecule has 2 aromatic heterocycles. The summed E-state index contributed by atoms with van der Waals surface area (Å²) in [6, 6.07) is 12.6. The molecule has 0 radical (unpaired) electrons. The van der Waals surface area contributed by atoms with Crippen LogP contribution in [0.3, 0.4) is 0 Å². The highest BCUT2D eigenvalue weighted by molar-refractivity contribution is 7.98. The first kappa shape index (κ1) is 17.8. The van der Waals surface area contributed by atoms with Gasteiger partial charge in [-0.15, -0.1) is 0 Å². The highest BCUT2D eigenvalue weighted by atomic mass is 32.2. The average molecular weight is 356 g/mol. The summed E-state index contributed by atoms with van der Waals surface area (Å²) in [5, 5.41) is 1.06. The smallest absolute Gasteiger partial charge is 0.147 e. The van der Waals surface area contributed by atoms with Crippen LogP contribution in [0.25, 0.3) is 11.0 Å². The summed E-state index contributed by atoms with van der Waals surface area (Å²) in [4.78, 5) is 11.2. The number of hydrogen-bond acceptors (Lipinski definition) is 5. The van der Waals surface area contributed by atoms with Crippen molar-refractivity contribution in [2.24, 2.45) is 0 Å². The fraction of sp³-hybridized carbons (Fsp3) is 0.368. The molecule has 0 saturated carbocycles. The van der Waals surface area contributed by atoms with E-state index in [1.54, 1.807) is 18.1 Å². The number of benzene rings is 1. The van der Waals surface area contributed by atoms with Crippen LogP contribution < -0.4 is 4.90 Å². The molecule has 0 aliphatic rings. The monoisotopic (exact) mass is 356 g/mol. The molecule has 3 aromatic rings. The second kappa shape index (κ2) is 8.36. The van der Waals surface area contributed by atoms with Crippen molar-refractivity contribution in [1.29, 1.82) is 0 Å². The van der Waals surface area contributed by atoms with Gasteiger partial charge >= 0.3 is 0 Å². The van der Waals surface area contributed by atoms with Crippen LogP contribution in [0.4, 0.5) is 5.82 Å². The van der Waals surface area contributed by atoms with Crippen molar-refractivity contribution in [3.8, 4) is 0 Å². The van der Waals surface area contributed by atoms with Crippen molar-refractivity contribution < 1.29 is 4.74 Å². The molecule has 0 atom stereocenters. The standard InChI is InChI=1S/C19H24N4OS/c1-15-11-17-18(22(2)12-16-7-5-4-6-8-16)20-13-21-19(17)23(15)14-24-9-10-25-3/h4-8,11,13H,9-10,12,14H2,1-3H3. The van der Waals surface area contributed by atoms with Crippen LogP contribution in [0, 0.1) is 6.92 Å². The minimum Gasteiger partial charge on any atom is -0.360 e. The molecule has 6 heteroatoms. The minimum absolute atomic E-state index is 0.523. The van der Waals surface area contributed by atoms with Crippen molar-refractivity contribution in [3.05, 3.63) is 54.0 Å². The summed E-state index contributed by atoms with van der Waals surface area (Å²) in [6.07, 6.45) is 3.72. The van der Waals surface area contributed by atoms with Crippen LogP contribution in [0.2, 0.25) is 0 Å². The number of anilines is 1. The van der Waals surface area contributed by atoms with Gasteiger partial charge in [-0.25, -0.2) is 9.97 Å². The van der Waals surface area contributed by atoms with Crippen LogP contribution >= 0.6 is 11.8 Å². The fourth-order valence-electron chi connectivity index (χ4n) is 2.87. The molecule has 0 aliphatic carbocycles. The molecule has 0 spiro atoms. The zero-order valence-corrected chi connectivity index (χ0v) is 15.8. The molecule has 0 aliphatic heterocycles. The van der Waals surface area contributed by atoms with E-state index in [-0.39, 0.29) is 0 Å². The second-order valence-corrected chi connectivity index (χ2v) is 7.01. The molecule has 2 heterocycles. The maximum atomic E-state index is 5.77. The quantitative estimate of drug-likeness (QED) is 0.576. The SMILES string of the molecule is CSCCOCn1c(C)cc2c(N(C)Cc3ccccc3)ncnc21. The first-order chi connectivity index (χ1) is 12.2. The second-order valence-electron chi connectivity index (χ2n) is 6.02. The van der Waals surface area contributed by atoms with E-state index in [1.165, 1.54) is 5.56 Å². The van der Waals surface area contributed by atoms with Gasteiger partial charge < -0.3 is 14.2 Å². The topological polar surface area (TPSA) is 43.2 Å². The van der Waals surface area contributed by atoms with Gasteiger partial charge in [0.25, 0.3) is 0 Å². The van der Waals surface area contributed by atoms with Gasteiger partial charge in [-0.05, 0) is 24.8 Å². The van der Waals surface area contributed by atoms with Crippen LogP contribution in [-0.2, 0) is 18.0 Å². The molecule has 0 fully saturated rings. The molecule has 5 nitrogen and oxygen atoms in total. The summed E-state index contributed by atoms with van der Waals surface area (Å²) in [5.74, 6) is 1.94. The lowest BCUT2D eigenvalue weighted by atomic mass is 10.2. The Labute approximate surface area is 153 Å². The number of hydrogen-bond donors (Lipinski definition) is 0. The normalized spacial score (nSPS) is 11.2. The maximum absolute atomic E-state index is 5.77. The third-order valence-electron chi connectivity index (χ3n) is 4.15. The summed E-state index contributed by atoms with van der Waals surface area (Å²) in [7, 11) is 2.07. The van der Waals surface area contributed by atoms with Crippen molar-refractivity contribution >= 4 is 28.6 Å². The van der Waals surface area contributed by atoms with Crippen LogP contribution in [0.15, 0.2) is 42.7 Å². The Morgan fingerprint density at radius 3 is 2.76 bits per heavy atom. The molecule has 132 valence electrons. The zero-order valence-electron chi connectivity index (χ0n) is 15.0. The van der Waals surface area contributed by atoms with E-state index in [9.17, 15) is 0 Å². The molecule has 0 saturated heterocycles. The summed E-state index contributed by atoms with van der Waals surface area (Å²) in [5.41, 5.74) is 3.31. The molecule has 0 N–H and O–H groups in total. The Morgan fingerprint density at radius 2 is 2.00 bits per heavy atom. The number of ether oxygens (including phenoxy) is 1. The molecule has 0 unspecified atom stereocenters. The predicted octanol–water partition coefficient (Wildman–Crippen LogP) is 3.71. The number of rotatable bonds is 8. The summed E-state index contributed by atoms with van der Waals surface area (Å²) < 4.78 is 7.88. The van der Waals surface area contributed by atoms with Gasteiger partial charge in [0.15, 0.2) is 0 Å². The third kappa shape index (κ3) is 4.14. The number of thioether (sulfide) groups is 1. The Kier molecular flexibility index (Phi) is 5.94. The first-order valence-electron chi connectivity index (χ1n) is 8.33. The Morgan fingerprint density at radius 1 is 1.20 bits per heavy atom. The van der Waals surface area contributed by atoms with E-state index in [4.69, 9.17) is 4.74 Å². The van der Waals surface area contributed by atoms with Crippen molar-refractivity contribution in [1.82, 2.24) is 14.5 Å². The van der Waals surface area contributed by atoms with Crippen LogP contribution in [0.1, 0.15) is 11.3 Å². The number of aryl methyl sites for hydroxylation is 1. The van der Waals surface area contributed by atoms with E-state index in [0.717, 1.165) is 41.4 Å². The molecular formula is C19H24N4OS. The first-order valence-corrected chi connectivity index (χ1v) is 9.72. The van der Waals surface area contributed by atoms with Crippen molar-refractivity contribution in [3.63, 3.8) is 0 Å². The Balaban J connectivity index is 1.84. The number of aromatic nitrogens is 3. The van der Waals surface area contributed by atoms with Gasteiger partial charge in [-0.3, -0.25) is 0 Å². The predicted molar refractivity (Wildman–Crippen MR) is 105 cm³/mol.